The van der Waals surface area contributed by atoms with Crippen molar-refractivity contribution in [3.8, 4) is 11.1 Å². The van der Waals surface area contributed by atoms with Gasteiger partial charge in [-0.2, -0.15) is 0 Å². The Morgan fingerprint density at radius 1 is 1.22 bits per heavy atom. The number of aromatic carboxylic acids is 1. The van der Waals surface area contributed by atoms with Gasteiger partial charge in [0.2, 0.25) is 0 Å². The number of carboxylic acid groups (broad SMARTS) is 1. The second kappa shape index (κ2) is 6.22. The van der Waals surface area contributed by atoms with Crippen LogP contribution in [0.1, 0.15) is 21.7 Å². The van der Waals surface area contributed by atoms with Crippen LogP contribution in [0.5, 0.6) is 0 Å². The highest BCUT2D eigenvalue weighted by atomic mass is 35.5. The number of aromatic nitrogens is 3. The van der Waals surface area contributed by atoms with Gasteiger partial charge in [0.25, 0.3) is 0 Å². The molecule has 1 aromatic heterocycles. The van der Waals surface area contributed by atoms with Gasteiger partial charge in [0.15, 0.2) is 5.69 Å². The average molecular weight is 328 g/mol. The zero-order valence-corrected chi connectivity index (χ0v) is 13.2. The second-order valence-corrected chi connectivity index (χ2v) is 5.57. The van der Waals surface area contributed by atoms with Crippen LogP contribution >= 0.6 is 11.6 Å². The number of rotatable bonds is 4. The first-order valence-electron chi connectivity index (χ1n) is 7.03. The predicted octanol–water partition coefficient (Wildman–Crippen LogP) is 3.65. The van der Waals surface area contributed by atoms with Gasteiger partial charge in [0, 0.05) is 10.6 Å². The minimum Gasteiger partial charge on any atom is -0.476 e. The molecule has 3 aromatic rings. The molecule has 0 unspecified atom stereocenters. The fourth-order valence-corrected chi connectivity index (χ4v) is 2.70. The Bertz CT molecular complexity index is 860. The summed E-state index contributed by atoms with van der Waals surface area (Å²) in [6.07, 6.45) is 0. The number of hydrogen-bond acceptors (Lipinski definition) is 3. The molecule has 116 valence electrons. The largest absolute Gasteiger partial charge is 0.476 e. The predicted molar refractivity (Wildman–Crippen MR) is 87.7 cm³/mol. The highest BCUT2D eigenvalue weighted by Gasteiger charge is 2.15. The zero-order chi connectivity index (χ0) is 16.4. The van der Waals surface area contributed by atoms with Crippen molar-refractivity contribution in [2.75, 3.05) is 0 Å². The summed E-state index contributed by atoms with van der Waals surface area (Å²) in [6, 6.07) is 15.7. The Kier molecular flexibility index (Phi) is 4.12. The molecule has 0 saturated carbocycles. The number of carbonyl (C=O) groups is 1. The SMILES string of the molecule is Cc1c(C(=O)O)nnn1Cc1ccc(-c2ccccc2)c(Cl)c1. The van der Waals surface area contributed by atoms with Crippen molar-refractivity contribution >= 4 is 17.6 Å². The van der Waals surface area contributed by atoms with Crippen LogP contribution in [0.15, 0.2) is 48.5 Å². The highest BCUT2D eigenvalue weighted by Crippen LogP contribution is 2.28. The van der Waals surface area contributed by atoms with Gasteiger partial charge < -0.3 is 5.11 Å². The summed E-state index contributed by atoms with van der Waals surface area (Å²) in [5, 5.41) is 17.2. The zero-order valence-electron chi connectivity index (χ0n) is 12.4. The number of carboxylic acids is 1. The van der Waals surface area contributed by atoms with Gasteiger partial charge in [-0.3, -0.25) is 0 Å². The molecular formula is C17H14ClN3O2. The van der Waals surface area contributed by atoms with Crippen molar-refractivity contribution in [2.45, 2.75) is 13.5 Å². The van der Waals surface area contributed by atoms with Crippen LogP contribution in [-0.2, 0) is 6.54 Å². The molecule has 5 nitrogen and oxygen atoms in total. The van der Waals surface area contributed by atoms with Crippen LogP contribution in [0.2, 0.25) is 5.02 Å². The van der Waals surface area contributed by atoms with Crippen LogP contribution in [0.4, 0.5) is 0 Å². The van der Waals surface area contributed by atoms with Gasteiger partial charge in [-0.15, -0.1) is 5.10 Å². The first-order chi connectivity index (χ1) is 11.1. The third-order valence-corrected chi connectivity index (χ3v) is 3.95. The molecule has 0 spiro atoms. The molecule has 0 amide bonds. The van der Waals surface area contributed by atoms with E-state index < -0.39 is 5.97 Å². The Morgan fingerprint density at radius 3 is 2.57 bits per heavy atom. The van der Waals surface area contributed by atoms with E-state index in [1.165, 1.54) is 0 Å². The van der Waals surface area contributed by atoms with E-state index in [1.54, 1.807) is 11.6 Å². The molecule has 0 fully saturated rings. The number of benzene rings is 2. The van der Waals surface area contributed by atoms with E-state index in [1.807, 2.05) is 48.5 Å². The lowest BCUT2D eigenvalue weighted by atomic mass is 10.0. The maximum atomic E-state index is 11.0. The van der Waals surface area contributed by atoms with Gasteiger partial charge in [0.05, 0.1) is 12.2 Å². The third-order valence-electron chi connectivity index (χ3n) is 3.64. The Morgan fingerprint density at radius 2 is 1.96 bits per heavy atom. The van der Waals surface area contributed by atoms with Crippen LogP contribution in [0, 0.1) is 6.92 Å². The number of hydrogen-bond donors (Lipinski definition) is 1. The fourth-order valence-electron chi connectivity index (χ4n) is 2.39. The maximum Gasteiger partial charge on any atom is 0.358 e. The van der Waals surface area contributed by atoms with E-state index in [0.29, 0.717) is 17.3 Å². The molecule has 6 heteroatoms. The van der Waals surface area contributed by atoms with E-state index in [4.69, 9.17) is 16.7 Å². The van der Waals surface area contributed by atoms with Gasteiger partial charge in [-0.1, -0.05) is 59.3 Å². The van der Waals surface area contributed by atoms with Gasteiger partial charge in [0.1, 0.15) is 0 Å². The summed E-state index contributed by atoms with van der Waals surface area (Å²) in [4.78, 5) is 11.0. The van der Waals surface area contributed by atoms with Gasteiger partial charge in [-0.05, 0) is 24.1 Å². The summed E-state index contributed by atoms with van der Waals surface area (Å²) >= 11 is 6.39. The fraction of sp³-hybridized carbons (Fsp3) is 0.118. The van der Waals surface area contributed by atoms with Crippen molar-refractivity contribution < 1.29 is 9.90 Å². The minimum absolute atomic E-state index is 0.0306. The molecular weight excluding hydrogens is 314 g/mol. The van der Waals surface area contributed by atoms with Crippen molar-refractivity contribution in [3.05, 3.63) is 70.5 Å². The monoisotopic (exact) mass is 327 g/mol. The van der Waals surface area contributed by atoms with Crippen molar-refractivity contribution in [1.29, 1.82) is 0 Å². The molecule has 2 aromatic carbocycles. The minimum atomic E-state index is -1.08. The van der Waals surface area contributed by atoms with E-state index in [9.17, 15) is 4.79 Å². The quantitative estimate of drug-likeness (QED) is 0.794. The van der Waals surface area contributed by atoms with E-state index in [2.05, 4.69) is 10.3 Å². The number of halogens is 1. The van der Waals surface area contributed by atoms with Crippen molar-refractivity contribution in [1.82, 2.24) is 15.0 Å². The van der Waals surface area contributed by atoms with Crippen LogP contribution < -0.4 is 0 Å². The van der Waals surface area contributed by atoms with E-state index in [-0.39, 0.29) is 5.69 Å². The molecule has 0 atom stereocenters. The lowest BCUT2D eigenvalue weighted by molar-refractivity contribution is 0.0689. The second-order valence-electron chi connectivity index (χ2n) is 5.17. The molecule has 0 radical (unpaired) electrons. The molecule has 23 heavy (non-hydrogen) atoms. The lowest BCUT2D eigenvalue weighted by Gasteiger charge is -2.08. The molecule has 0 aliphatic carbocycles. The molecule has 1 heterocycles. The highest BCUT2D eigenvalue weighted by molar-refractivity contribution is 6.33. The molecule has 0 bridgehead atoms. The third kappa shape index (κ3) is 3.10. The van der Waals surface area contributed by atoms with Gasteiger partial charge >= 0.3 is 5.97 Å². The normalized spacial score (nSPS) is 10.7. The van der Waals surface area contributed by atoms with E-state index >= 15 is 0 Å². The summed E-state index contributed by atoms with van der Waals surface area (Å²) in [5.74, 6) is -1.08. The average Bonchev–Trinajstić information content (AvgIpc) is 2.89. The summed E-state index contributed by atoms with van der Waals surface area (Å²) in [7, 11) is 0. The van der Waals surface area contributed by atoms with E-state index in [0.717, 1.165) is 16.7 Å². The molecule has 1 N–H and O–H groups in total. The first-order valence-corrected chi connectivity index (χ1v) is 7.41. The maximum absolute atomic E-state index is 11.0. The van der Waals surface area contributed by atoms with Crippen molar-refractivity contribution in [3.63, 3.8) is 0 Å². The summed E-state index contributed by atoms with van der Waals surface area (Å²) in [6.45, 7) is 2.10. The standard InChI is InChI=1S/C17H14ClN3O2/c1-11-16(17(22)23)19-20-21(11)10-12-7-8-14(15(18)9-12)13-5-3-2-4-6-13/h2-9H,10H2,1H3,(H,22,23). The smallest absolute Gasteiger partial charge is 0.358 e. The van der Waals surface area contributed by atoms with Crippen LogP contribution in [-0.4, -0.2) is 26.1 Å². The summed E-state index contributed by atoms with van der Waals surface area (Å²) < 4.78 is 1.55. The molecule has 0 saturated heterocycles. The molecule has 0 aliphatic heterocycles. The van der Waals surface area contributed by atoms with Gasteiger partial charge in [-0.25, -0.2) is 9.48 Å². The van der Waals surface area contributed by atoms with Crippen LogP contribution in [0.3, 0.4) is 0 Å². The Labute approximate surface area is 138 Å². The Hall–Kier alpha value is -2.66. The number of nitrogens with zero attached hydrogens (tertiary/aromatic N) is 3. The lowest BCUT2D eigenvalue weighted by Crippen LogP contribution is -2.06. The Balaban J connectivity index is 1.88. The first kappa shape index (κ1) is 15.2. The van der Waals surface area contributed by atoms with Crippen LogP contribution in [0.25, 0.3) is 11.1 Å². The topological polar surface area (TPSA) is 68.0 Å². The molecule has 0 aliphatic rings. The molecule has 3 rings (SSSR count). The summed E-state index contributed by atoms with van der Waals surface area (Å²) in [5.41, 5.74) is 3.42. The van der Waals surface area contributed by atoms with Crippen molar-refractivity contribution in [2.24, 2.45) is 0 Å².